The molecule has 0 radical (unpaired) electrons. The van der Waals surface area contributed by atoms with Crippen LogP contribution in [0.25, 0.3) is 0 Å². The van der Waals surface area contributed by atoms with Gasteiger partial charge in [-0.15, -0.1) is 0 Å². The smallest absolute Gasteiger partial charge is 0.290 e. The maximum atomic E-state index is 13.3. The van der Waals surface area contributed by atoms with Gasteiger partial charge in [-0.05, 0) is 36.9 Å². The normalized spacial score (nSPS) is 19.9. The Hall–Kier alpha value is -3.45. The van der Waals surface area contributed by atoms with Gasteiger partial charge in [-0.2, -0.15) is 0 Å². The predicted octanol–water partition coefficient (Wildman–Crippen LogP) is 3.30. The second-order valence-electron chi connectivity index (χ2n) is 9.12. The fraction of sp³-hybridized carbons (Fsp3) is 0.370. The molecule has 0 bridgehead atoms. The molecule has 178 valence electrons. The van der Waals surface area contributed by atoms with E-state index in [4.69, 9.17) is 9.90 Å². The highest BCUT2D eigenvalue weighted by atomic mass is 16.3. The van der Waals surface area contributed by atoms with Crippen LogP contribution in [0.4, 0.5) is 0 Å². The summed E-state index contributed by atoms with van der Waals surface area (Å²) in [7, 11) is 0. The minimum Gasteiger partial charge on any atom is -0.483 e. The molecule has 1 atom stereocenters. The summed E-state index contributed by atoms with van der Waals surface area (Å²) in [4.78, 5) is 30.6. The fourth-order valence-electron chi connectivity index (χ4n) is 5.12. The Morgan fingerprint density at radius 1 is 0.941 bits per heavy atom. The Balaban J connectivity index is 0.000000868. The van der Waals surface area contributed by atoms with Gasteiger partial charge in [0.15, 0.2) is 0 Å². The molecule has 1 unspecified atom stereocenters. The summed E-state index contributed by atoms with van der Waals surface area (Å²) < 4.78 is 2.23. The van der Waals surface area contributed by atoms with Gasteiger partial charge in [0.05, 0.1) is 17.4 Å². The average molecular weight is 461 g/mol. The molecular weight excluding hydrogens is 428 g/mol. The van der Waals surface area contributed by atoms with Crippen molar-refractivity contribution in [2.24, 2.45) is 5.41 Å². The SMILES string of the molecule is O=C1N(CCc2ccccc2)CCC12CCN(Cc1cncn1Cc1ccccc1)C2.O=CO. The van der Waals surface area contributed by atoms with E-state index < -0.39 is 0 Å². The molecule has 7 nitrogen and oxygen atoms in total. The van der Waals surface area contributed by atoms with Gasteiger partial charge >= 0.3 is 0 Å². The van der Waals surface area contributed by atoms with Crippen molar-refractivity contribution >= 4 is 12.4 Å². The van der Waals surface area contributed by atoms with Crippen molar-refractivity contribution in [1.29, 1.82) is 0 Å². The number of hydrogen-bond acceptors (Lipinski definition) is 4. The first kappa shape index (κ1) is 23.7. The molecule has 5 rings (SSSR count). The highest BCUT2D eigenvalue weighted by Crippen LogP contribution is 2.41. The Kier molecular flexibility index (Phi) is 7.75. The number of carboxylic acid groups (broad SMARTS) is 1. The first-order valence-corrected chi connectivity index (χ1v) is 11.8. The van der Waals surface area contributed by atoms with Crippen LogP contribution in [-0.4, -0.2) is 63.0 Å². The quantitative estimate of drug-likeness (QED) is 0.548. The summed E-state index contributed by atoms with van der Waals surface area (Å²) in [6.45, 7) is 5.01. The van der Waals surface area contributed by atoms with Crippen molar-refractivity contribution in [3.63, 3.8) is 0 Å². The zero-order valence-corrected chi connectivity index (χ0v) is 19.4. The molecule has 0 aliphatic carbocycles. The number of nitrogens with zero attached hydrogens (tertiary/aromatic N) is 4. The van der Waals surface area contributed by atoms with Crippen LogP contribution in [0.3, 0.4) is 0 Å². The minimum absolute atomic E-state index is 0.180. The number of amides is 1. The molecular formula is C27H32N4O3. The van der Waals surface area contributed by atoms with Gasteiger partial charge in [0.1, 0.15) is 0 Å². The number of carbonyl (C=O) groups excluding carboxylic acids is 1. The van der Waals surface area contributed by atoms with E-state index in [2.05, 4.69) is 67.9 Å². The summed E-state index contributed by atoms with van der Waals surface area (Å²) >= 11 is 0. The topological polar surface area (TPSA) is 78.7 Å². The molecule has 1 spiro atoms. The van der Waals surface area contributed by atoms with E-state index in [0.29, 0.717) is 5.91 Å². The summed E-state index contributed by atoms with van der Waals surface area (Å²) in [6.07, 6.45) is 6.78. The Morgan fingerprint density at radius 2 is 1.59 bits per heavy atom. The molecule has 1 N–H and O–H groups in total. The summed E-state index contributed by atoms with van der Waals surface area (Å²) in [5.41, 5.74) is 3.61. The highest BCUT2D eigenvalue weighted by molar-refractivity contribution is 5.85. The standard InChI is InChI=1S/C26H30N4O.CH2O2/c31-25-26(13-16-29(25)14-11-22-7-3-1-4-8-22)12-15-28(20-26)19-24-17-27-21-30(24)18-23-9-5-2-6-10-23;2-1-3/h1-10,17,21H,11-16,18-20H2;1H,(H,2,3). The van der Waals surface area contributed by atoms with Crippen molar-refractivity contribution in [2.75, 3.05) is 26.2 Å². The second-order valence-corrected chi connectivity index (χ2v) is 9.12. The number of aromatic nitrogens is 2. The fourth-order valence-corrected chi connectivity index (χ4v) is 5.12. The van der Waals surface area contributed by atoms with Crippen LogP contribution >= 0.6 is 0 Å². The van der Waals surface area contributed by atoms with Crippen molar-refractivity contribution in [2.45, 2.75) is 32.4 Å². The molecule has 2 fully saturated rings. The molecule has 1 aromatic heterocycles. The lowest BCUT2D eigenvalue weighted by molar-refractivity contribution is -0.135. The van der Waals surface area contributed by atoms with Crippen LogP contribution in [-0.2, 0) is 29.1 Å². The minimum atomic E-state index is -0.250. The molecule has 34 heavy (non-hydrogen) atoms. The lowest BCUT2D eigenvalue weighted by Crippen LogP contribution is -2.37. The molecule has 7 heteroatoms. The number of imidazole rings is 1. The van der Waals surface area contributed by atoms with Gasteiger partial charge in [0.25, 0.3) is 6.47 Å². The van der Waals surface area contributed by atoms with Gasteiger partial charge in [-0.25, -0.2) is 4.98 Å². The summed E-state index contributed by atoms with van der Waals surface area (Å²) in [5, 5.41) is 6.89. The zero-order chi connectivity index (χ0) is 23.8. The molecule has 3 heterocycles. The van der Waals surface area contributed by atoms with Gasteiger partial charge in [-0.1, -0.05) is 60.7 Å². The van der Waals surface area contributed by atoms with Crippen molar-refractivity contribution in [1.82, 2.24) is 19.4 Å². The van der Waals surface area contributed by atoms with Crippen LogP contribution < -0.4 is 0 Å². The molecule has 2 saturated heterocycles. The van der Waals surface area contributed by atoms with E-state index in [1.807, 2.05) is 24.7 Å². The Labute approximate surface area is 200 Å². The Morgan fingerprint density at radius 3 is 2.29 bits per heavy atom. The second kappa shape index (κ2) is 11.1. The van der Waals surface area contributed by atoms with Gasteiger partial charge in [0.2, 0.25) is 5.91 Å². The maximum Gasteiger partial charge on any atom is 0.290 e. The number of likely N-dealkylation sites (tertiary alicyclic amines) is 2. The van der Waals surface area contributed by atoms with E-state index in [1.54, 1.807) is 0 Å². The third-order valence-electron chi connectivity index (χ3n) is 6.93. The molecule has 0 saturated carbocycles. The van der Waals surface area contributed by atoms with Gasteiger partial charge in [-0.3, -0.25) is 14.5 Å². The predicted molar refractivity (Wildman–Crippen MR) is 130 cm³/mol. The molecule has 3 aromatic rings. The zero-order valence-electron chi connectivity index (χ0n) is 19.4. The van der Waals surface area contributed by atoms with E-state index in [9.17, 15) is 4.79 Å². The maximum absolute atomic E-state index is 13.3. The van der Waals surface area contributed by atoms with Crippen LogP contribution in [0.1, 0.15) is 29.7 Å². The van der Waals surface area contributed by atoms with Crippen molar-refractivity contribution < 1.29 is 14.7 Å². The van der Waals surface area contributed by atoms with E-state index in [1.165, 1.54) is 16.8 Å². The van der Waals surface area contributed by atoms with Crippen molar-refractivity contribution in [3.8, 4) is 0 Å². The third kappa shape index (κ3) is 5.54. The largest absolute Gasteiger partial charge is 0.483 e. The van der Waals surface area contributed by atoms with Crippen LogP contribution in [0.15, 0.2) is 73.2 Å². The molecule has 2 aromatic carbocycles. The van der Waals surface area contributed by atoms with E-state index in [0.717, 1.165) is 58.5 Å². The number of hydrogen-bond donors (Lipinski definition) is 1. The van der Waals surface area contributed by atoms with Gasteiger partial charge < -0.3 is 14.6 Å². The third-order valence-corrected chi connectivity index (χ3v) is 6.93. The first-order valence-electron chi connectivity index (χ1n) is 11.8. The van der Waals surface area contributed by atoms with Crippen LogP contribution in [0.5, 0.6) is 0 Å². The Bertz CT molecular complexity index is 1070. The first-order chi connectivity index (χ1) is 16.6. The van der Waals surface area contributed by atoms with E-state index in [-0.39, 0.29) is 11.9 Å². The monoisotopic (exact) mass is 460 g/mol. The lowest BCUT2D eigenvalue weighted by atomic mass is 9.85. The van der Waals surface area contributed by atoms with Crippen molar-refractivity contribution in [3.05, 3.63) is 90.0 Å². The molecule has 2 aliphatic heterocycles. The molecule has 2 aliphatic rings. The number of carbonyl (C=O) groups is 2. The molecule has 1 amide bonds. The van der Waals surface area contributed by atoms with Crippen LogP contribution in [0, 0.1) is 5.41 Å². The van der Waals surface area contributed by atoms with Crippen LogP contribution in [0.2, 0.25) is 0 Å². The lowest BCUT2D eigenvalue weighted by Gasteiger charge is -2.24. The average Bonchev–Trinajstić information content (AvgIpc) is 3.56. The number of benzene rings is 2. The summed E-state index contributed by atoms with van der Waals surface area (Å²) in [5.74, 6) is 0.365. The highest BCUT2D eigenvalue weighted by Gasteiger charge is 2.50. The number of rotatable bonds is 7. The summed E-state index contributed by atoms with van der Waals surface area (Å²) in [6, 6.07) is 21.0. The van der Waals surface area contributed by atoms with Gasteiger partial charge in [0, 0.05) is 38.9 Å². The van der Waals surface area contributed by atoms with E-state index >= 15 is 0 Å².